The van der Waals surface area contributed by atoms with E-state index in [-0.39, 0.29) is 17.6 Å². The van der Waals surface area contributed by atoms with Crippen molar-refractivity contribution in [2.45, 2.75) is 13.0 Å². The van der Waals surface area contributed by atoms with Crippen molar-refractivity contribution in [2.24, 2.45) is 0 Å². The smallest absolute Gasteiger partial charge is 0.269 e. The zero-order chi connectivity index (χ0) is 20.3. The summed E-state index contributed by atoms with van der Waals surface area (Å²) in [5.41, 5.74) is 1.51. The van der Waals surface area contributed by atoms with Crippen LogP contribution in [0.3, 0.4) is 0 Å². The van der Waals surface area contributed by atoms with Gasteiger partial charge in [0, 0.05) is 49.0 Å². The summed E-state index contributed by atoms with van der Waals surface area (Å²) in [5, 5.41) is 14.5. The number of amides is 1. The highest BCUT2D eigenvalue weighted by atomic mass is 35.5. The fraction of sp³-hybridized carbons (Fsp3) is 0.316. The van der Waals surface area contributed by atoms with Crippen LogP contribution in [0.5, 0.6) is 0 Å². The van der Waals surface area contributed by atoms with Crippen LogP contribution in [0, 0.1) is 10.1 Å². The van der Waals surface area contributed by atoms with Crippen LogP contribution in [0.25, 0.3) is 0 Å². The average Bonchev–Trinajstić information content (AvgIpc) is 2.70. The minimum absolute atomic E-state index is 0.0763. The third-order valence-corrected chi connectivity index (χ3v) is 5.42. The topological polar surface area (TPSA) is 78.7 Å². The van der Waals surface area contributed by atoms with Gasteiger partial charge in [0.1, 0.15) is 0 Å². The number of nitro benzene ring substituents is 1. The van der Waals surface area contributed by atoms with Crippen LogP contribution in [0.15, 0.2) is 42.5 Å². The van der Waals surface area contributed by atoms with Gasteiger partial charge in [-0.15, -0.1) is 0 Å². The van der Waals surface area contributed by atoms with Gasteiger partial charge in [-0.1, -0.05) is 23.2 Å². The van der Waals surface area contributed by atoms with Crippen molar-refractivity contribution in [2.75, 3.05) is 36.4 Å². The van der Waals surface area contributed by atoms with Crippen molar-refractivity contribution < 1.29 is 9.72 Å². The van der Waals surface area contributed by atoms with Gasteiger partial charge < -0.3 is 10.2 Å². The highest BCUT2D eigenvalue weighted by Gasteiger charge is 2.26. The summed E-state index contributed by atoms with van der Waals surface area (Å²) in [5.74, 6) is -0.145. The molecule has 1 heterocycles. The molecular formula is C19H20Cl2N4O3. The van der Waals surface area contributed by atoms with Crippen LogP contribution < -0.4 is 10.2 Å². The Bertz CT molecular complexity index is 868. The monoisotopic (exact) mass is 422 g/mol. The second kappa shape index (κ2) is 8.77. The lowest BCUT2D eigenvalue weighted by Gasteiger charge is -2.38. The van der Waals surface area contributed by atoms with Gasteiger partial charge in [0.15, 0.2) is 0 Å². The predicted octanol–water partition coefficient (Wildman–Crippen LogP) is 4.05. The molecule has 2 aromatic rings. The number of hydrogen-bond acceptors (Lipinski definition) is 5. The molecule has 0 aliphatic carbocycles. The number of nitrogens with one attached hydrogen (secondary N) is 1. The molecule has 148 valence electrons. The molecular weight excluding hydrogens is 403 g/mol. The fourth-order valence-electron chi connectivity index (χ4n) is 3.15. The van der Waals surface area contributed by atoms with Crippen LogP contribution in [0.2, 0.25) is 10.0 Å². The molecule has 2 aromatic carbocycles. The van der Waals surface area contributed by atoms with Gasteiger partial charge in [0.05, 0.1) is 21.7 Å². The molecule has 28 heavy (non-hydrogen) atoms. The van der Waals surface area contributed by atoms with E-state index in [2.05, 4.69) is 15.1 Å². The first-order valence-corrected chi connectivity index (χ1v) is 9.60. The van der Waals surface area contributed by atoms with E-state index in [1.54, 1.807) is 30.3 Å². The number of carbonyl (C=O) groups is 1. The van der Waals surface area contributed by atoms with Crippen molar-refractivity contribution in [3.05, 3.63) is 62.6 Å². The molecule has 1 atom stereocenters. The number of anilines is 2. The molecule has 0 saturated carbocycles. The molecule has 1 N–H and O–H groups in total. The normalized spacial score (nSPS) is 15.9. The van der Waals surface area contributed by atoms with Gasteiger partial charge in [-0.05, 0) is 37.3 Å². The summed E-state index contributed by atoms with van der Waals surface area (Å²) >= 11 is 12.1. The van der Waals surface area contributed by atoms with Crippen molar-refractivity contribution in [1.82, 2.24) is 4.90 Å². The summed E-state index contributed by atoms with van der Waals surface area (Å²) < 4.78 is 0. The molecule has 7 nitrogen and oxygen atoms in total. The molecule has 1 unspecified atom stereocenters. The fourth-order valence-corrected chi connectivity index (χ4v) is 3.49. The Morgan fingerprint density at radius 2 is 1.75 bits per heavy atom. The first-order valence-electron chi connectivity index (χ1n) is 8.84. The van der Waals surface area contributed by atoms with Crippen LogP contribution in [0.4, 0.5) is 17.1 Å². The molecule has 3 rings (SSSR count). The Morgan fingerprint density at radius 1 is 1.11 bits per heavy atom. The largest absolute Gasteiger partial charge is 0.369 e. The SMILES string of the molecule is CC(C(=O)Nc1cc(Cl)ccc1Cl)N1CCN(c2ccc([N+](=O)[O-])cc2)CC1. The van der Waals surface area contributed by atoms with Gasteiger partial charge in [0.25, 0.3) is 5.69 Å². The van der Waals surface area contributed by atoms with Crippen LogP contribution >= 0.6 is 23.2 Å². The second-order valence-electron chi connectivity index (χ2n) is 6.59. The van der Waals surface area contributed by atoms with E-state index in [9.17, 15) is 14.9 Å². The van der Waals surface area contributed by atoms with E-state index in [0.29, 0.717) is 28.8 Å². The molecule has 1 aliphatic rings. The Morgan fingerprint density at radius 3 is 2.36 bits per heavy atom. The van der Waals surface area contributed by atoms with Crippen LogP contribution in [-0.4, -0.2) is 48.0 Å². The maximum Gasteiger partial charge on any atom is 0.269 e. The summed E-state index contributed by atoms with van der Waals surface area (Å²) in [6, 6.07) is 11.1. The first-order chi connectivity index (χ1) is 13.3. The number of benzene rings is 2. The Kier molecular flexibility index (Phi) is 6.39. The lowest BCUT2D eigenvalue weighted by molar-refractivity contribution is -0.384. The van der Waals surface area contributed by atoms with Gasteiger partial charge in [-0.2, -0.15) is 0 Å². The van der Waals surface area contributed by atoms with E-state index < -0.39 is 4.92 Å². The molecule has 1 fully saturated rings. The molecule has 1 saturated heterocycles. The number of carbonyl (C=O) groups excluding carboxylic acids is 1. The molecule has 0 spiro atoms. The molecule has 0 radical (unpaired) electrons. The van der Waals surface area contributed by atoms with Crippen molar-refractivity contribution in [3.63, 3.8) is 0 Å². The first kappa shape index (κ1) is 20.4. The van der Waals surface area contributed by atoms with E-state index in [4.69, 9.17) is 23.2 Å². The van der Waals surface area contributed by atoms with Gasteiger partial charge in [0.2, 0.25) is 5.91 Å². The zero-order valence-corrected chi connectivity index (χ0v) is 16.8. The molecule has 1 amide bonds. The van der Waals surface area contributed by atoms with Gasteiger partial charge in [-0.25, -0.2) is 0 Å². The Hall–Kier alpha value is -2.35. The number of piperazine rings is 1. The minimum Gasteiger partial charge on any atom is -0.369 e. The number of halogens is 2. The molecule has 9 heteroatoms. The Labute approximate surface area is 173 Å². The standard InChI is InChI=1S/C19H20Cl2N4O3/c1-13(19(26)22-18-12-14(20)2-7-17(18)21)23-8-10-24(11-9-23)15-3-5-16(6-4-15)25(27)28/h2-7,12-13H,8-11H2,1H3,(H,22,26). The van der Waals surface area contributed by atoms with E-state index in [1.165, 1.54) is 12.1 Å². The van der Waals surface area contributed by atoms with Gasteiger partial charge in [-0.3, -0.25) is 19.8 Å². The number of rotatable bonds is 5. The lowest BCUT2D eigenvalue weighted by Crippen LogP contribution is -2.52. The van der Waals surface area contributed by atoms with E-state index >= 15 is 0 Å². The maximum absolute atomic E-state index is 12.6. The number of nitrogens with zero attached hydrogens (tertiary/aromatic N) is 3. The molecule has 0 aromatic heterocycles. The number of nitro groups is 1. The summed E-state index contributed by atoms with van der Waals surface area (Å²) in [6.07, 6.45) is 0. The minimum atomic E-state index is -0.409. The summed E-state index contributed by atoms with van der Waals surface area (Å²) in [4.78, 5) is 27.2. The third-order valence-electron chi connectivity index (χ3n) is 4.85. The quantitative estimate of drug-likeness (QED) is 0.580. The average molecular weight is 423 g/mol. The Balaban J connectivity index is 1.57. The highest BCUT2D eigenvalue weighted by Crippen LogP contribution is 2.26. The highest BCUT2D eigenvalue weighted by molar-refractivity contribution is 6.35. The van der Waals surface area contributed by atoms with Crippen LogP contribution in [-0.2, 0) is 4.79 Å². The van der Waals surface area contributed by atoms with Crippen molar-refractivity contribution >= 4 is 46.2 Å². The number of hydrogen-bond donors (Lipinski definition) is 1. The summed E-state index contributed by atoms with van der Waals surface area (Å²) in [7, 11) is 0. The predicted molar refractivity (Wildman–Crippen MR) is 111 cm³/mol. The zero-order valence-electron chi connectivity index (χ0n) is 15.3. The van der Waals surface area contributed by atoms with E-state index in [0.717, 1.165) is 18.8 Å². The van der Waals surface area contributed by atoms with Crippen molar-refractivity contribution in [3.8, 4) is 0 Å². The third kappa shape index (κ3) is 4.73. The van der Waals surface area contributed by atoms with Crippen LogP contribution in [0.1, 0.15) is 6.92 Å². The van der Waals surface area contributed by atoms with E-state index in [1.807, 2.05) is 6.92 Å². The molecule has 0 bridgehead atoms. The maximum atomic E-state index is 12.6. The molecule has 1 aliphatic heterocycles. The van der Waals surface area contributed by atoms with Gasteiger partial charge >= 0.3 is 0 Å². The van der Waals surface area contributed by atoms with Crippen molar-refractivity contribution in [1.29, 1.82) is 0 Å². The second-order valence-corrected chi connectivity index (χ2v) is 7.43. The lowest BCUT2D eigenvalue weighted by atomic mass is 10.2. The number of non-ortho nitro benzene ring substituents is 1. The summed E-state index contributed by atoms with van der Waals surface area (Å²) in [6.45, 7) is 4.72.